The summed E-state index contributed by atoms with van der Waals surface area (Å²) in [5, 5.41) is 4.00. The summed E-state index contributed by atoms with van der Waals surface area (Å²) in [6.07, 6.45) is 4.92. The number of methoxy groups -OCH3 is 1. The molecule has 0 bridgehead atoms. The minimum absolute atomic E-state index is 0.00164. The second-order valence-electron chi connectivity index (χ2n) is 10.9. The van der Waals surface area contributed by atoms with Crippen LogP contribution in [0, 0.1) is 6.92 Å². The van der Waals surface area contributed by atoms with Gasteiger partial charge in [0, 0.05) is 22.6 Å². The van der Waals surface area contributed by atoms with Crippen LogP contribution in [-0.4, -0.2) is 50.9 Å². The molecule has 0 unspecified atom stereocenters. The number of carbonyl (C=O) groups is 2. The highest BCUT2D eigenvalue weighted by molar-refractivity contribution is 7.92. The Balaban J connectivity index is 1.72. The van der Waals surface area contributed by atoms with Crippen LogP contribution in [0.5, 0.6) is 5.75 Å². The average Bonchev–Trinajstić information content (AvgIpc) is 2.99. The maximum absolute atomic E-state index is 14.2. The van der Waals surface area contributed by atoms with Crippen LogP contribution in [0.3, 0.4) is 0 Å². The van der Waals surface area contributed by atoms with Crippen LogP contribution in [-0.2, 0) is 26.2 Å². The van der Waals surface area contributed by atoms with Crippen LogP contribution in [0.4, 0.5) is 5.69 Å². The molecule has 12 heteroatoms. The Morgan fingerprint density at radius 1 is 0.955 bits per heavy atom. The van der Waals surface area contributed by atoms with E-state index >= 15 is 0 Å². The number of rotatable bonds is 11. The number of benzene rings is 3. The van der Waals surface area contributed by atoms with E-state index in [1.165, 1.54) is 42.3 Å². The normalized spacial score (nSPS) is 14.5. The maximum Gasteiger partial charge on any atom is 0.264 e. The smallest absolute Gasteiger partial charge is 0.264 e. The Hall–Kier alpha value is -2.98. The standard InChI is InChI=1S/C32H36Cl3N3O5S/c1-21-9-14-27(15-10-21)44(41,42)38(26-13-16-30(43-3)29(35)18-26)20-31(39)37(19-23-11-12-24(33)17-28(23)34)22(2)32(40)36-25-7-5-4-6-8-25/h9-18,22,25H,4-8,19-20H2,1-3H3,(H,36,40)/t22-/m1/s1. The molecule has 236 valence electrons. The zero-order valence-electron chi connectivity index (χ0n) is 24.9. The number of hydrogen-bond acceptors (Lipinski definition) is 5. The molecule has 2 amide bonds. The molecule has 0 radical (unpaired) electrons. The molecule has 1 fully saturated rings. The Morgan fingerprint density at radius 2 is 1.64 bits per heavy atom. The second kappa shape index (κ2) is 14.9. The first kappa shape index (κ1) is 33.9. The molecule has 3 aromatic carbocycles. The van der Waals surface area contributed by atoms with Crippen molar-refractivity contribution in [1.29, 1.82) is 0 Å². The zero-order valence-corrected chi connectivity index (χ0v) is 27.9. The molecule has 8 nitrogen and oxygen atoms in total. The summed E-state index contributed by atoms with van der Waals surface area (Å²) < 4.78 is 34.3. The van der Waals surface area contributed by atoms with Crippen LogP contribution in [0.2, 0.25) is 15.1 Å². The highest BCUT2D eigenvalue weighted by atomic mass is 35.5. The summed E-state index contributed by atoms with van der Waals surface area (Å²) in [5.41, 5.74) is 1.60. The van der Waals surface area contributed by atoms with Crippen molar-refractivity contribution >= 4 is 62.3 Å². The first-order valence-electron chi connectivity index (χ1n) is 14.4. The van der Waals surface area contributed by atoms with Crippen molar-refractivity contribution in [3.8, 4) is 5.75 Å². The van der Waals surface area contributed by atoms with E-state index in [0.29, 0.717) is 21.4 Å². The number of amides is 2. The van der Waals surface area contributed by atoms with E-state index in [1.807, 2.05) is 6.92 Å². The third kappa shape index (κ3) is 8.18. The molecule has 4 rings (SSSR count). The van der Waals surface area contributed by atoms with Gasteiger partial charge < -0.3 is 15.0 Å². The lowest BCUT2D eigenvalue weighted by molar-refractivity contribution is -0.139. The molecule has 0 spiro atoms. The van der Waals surface area contributed by atoms with Crippen molar-refractivity contribution in [2.75, 3.05) is 18.0 Å². The van der Waals surface area contributed by atoms with Gasteiger partial charge in [-0.15, -0.1) is 0 Å². The molecule has 44 heavy (non-hydrogen) atoms. The third-order valence-corrected chi connectivity index (χ3v) is 10.5. The number of anilines is 1. The number of carbonyl (C=O) groups excluding carboxylic acids is 2. The molecule has 0 aliphatic heterocycles. The lowest BCUT2D eigenvalue weighted by atomic mass is 9.95. The fraction of sp³-hybridized carbons (Fsp3) is 0.375. The summed E-state index contributed by atoms with van der Waals surface area (Å²) >= 11 is 19.0. The summed E-state index contributed by atoms with van der Waals surface area (Å²) in [6, 6.07) is 14.8. The van der Waals surface area contributed by atoms with E-state index in [2.05, 4.69) is 5.32 Å². The van der Waals surface area contributed by atoms with Gasteiger partial charge in [-0.2, -0.15) is 0 Å². The van der Waals surface area contributed by atoms with Crippen molar-refractivity contribution in [3.63, 3.8) is 0 Å². The van der Waals surface area contributed by atoms with Gasteiger partial charge in [-0.1, -0.05) is 77.8 Å². The van der Waals surface area contributed by atoms with Gasteiger partial charge in [-0.3, -0.25) is 13.9 Å². The molecule has 0 saturated heterocycles. The molecule has 1 N–H and O–H groups in total. The number of ether oxygens (including phenoxy) is 1. The highest BCUT2D eigenvalue weighted by Gasteiger charge is 2.34. The number of nitrogens with zero attached hydrogens (tertiary/aromatic N) is 2. The fourth-order valence-electron chi connectivity index (χ4n) is 5.16. The van der Waals surface area contributed by atoms with E-state index in [4.69, 9.17) is 39.5 Å². The molecule has 1 atom stereocenters. The molecular formula is C32H36Cl3N3O5S. The van der Waals surface area contributed by atoms with Gasteiger partial charge in [-0.05, 0) is 74.7 Å². The largest absolute Gasteiger partial charge is 0.495 e. The van der Waals surface area contributed by atoms with Gasteiger partial charge in [0.15, 0.2) is 0 Å². The summed E-state index contributed by atoms with van der Waals surface area (Å²) in [4.78, 5) is 29.0. The molecule has 1 saturated carbocycles. The zero-order chi connectivity index (χ0) is 32.0. The van der Waals surface area contributed by atoms with Crippen molar-refractivity contribution in [2.24, 2.45) is 0 Å². The van der Waals surface area contributed by atoms with Gasteiger partial charge in [0.05, 0.1) is 22.7 Å². The van der Waals surface area contributed by atoms with Gasteiger partial charge in [0.2, 0.25) is 11.8 Å². The third-order valence-electron chi connectivity index (χ3n) is 7.79. The average molecular weight is 681 g/mol. The maximum atomic E-state index is 14.2. The minimum atomic E-state index is -4.25. The topological polar surface area (TPSA) is 96.0 Å². The van der Waals surface area contributed by atoms with E-state index < -0.39 is 28.5 Å². The number of halogens is 3. The van der Waals surface area contributed by atoms with E-state index in [1.54, 1.807) is 37.3 Å². The quantitative estimate of drug-likeness (QED) is 0.235. The molecular weight excluding hydrogens is 645 g/mol. The van der Waals surface area contributed by atoms with E-state index in [-0.39, 0.29) is 34.1 Å². The van der Waals surface area contributed by atoms with Gasteiger partial charge in [0.1, 0.15) is 18.3 Å². The van der Waals surface area contributed by atoms with Crippen LogP contribution < -0.4 is 14.4 Å². The Bertz CT molecular complexity index is 1600. The van der Waals surface area contributed by atoms with E-state index in [0.717, 1.165) is 42.0 Å². The van der Waals surface area contributed by atoms with Crippen LogP contribution in [0.15, 0.2) is 65.6 Å². The van der Waals surface area contributed by atoms with Crippen LogP contribution >= 0.6 is 34.8 Å². The fourth-order valence-corrected chi connectivity index (χ4v) is 7.29. The van der Waals surface area contributed by atoms with Crippen molar-refractivity contribution in [2.45, 2.75) is 69.5 Å². The highest BCUT2D eigenvalue weighted by Crippen LogP contribution is 2.32. The van der Waals surface area contributed by atoms with Crippen molar-refractivity contribution in [3.05, 3.63) is 86.9 Å². The lowest BCUT2D eigenvalue weighted by Crippen LogP contribution is -2.53. The minimum Gasteiger partial charge on any atom is -0.495 e. The predicted octanol–water partition coefficient (Wildman–Crippen LogP) is 7.03. The summed E-state index contributed by atoms with van der Waals surface area (Å²) in [7, 11) is -2.80. The molecule has 0 aromatic heterocycles. The molecule has 1 aliphatic carbocycles. The number of aryl methyl sites for hydroxylation is 1. The van der Waals surface area contributed by atoms with E-state index in [9.17, 15) is 18.0 Å². The predicted molar refractivity (Wildman–Crippen MR) is 175 cm³/mol. The first-order valence-corrected chi connectivity index (χ1v) is 16.9. The molecule has 0 heterocycles. The lowest BCUT2D eigenvalue weighted by Gasteiger charge is -2.33. The number of sulfonamides is 1. The SMILES string of the molecule is COc1ccc(N(CC(=O)N(Cc2ccc(Cl)cc2Cl)[C@H](C)C(=O)NC2CCCCC2)S(=O)(=O)c2ccc(C)cc2)cc1Cl. The van der Waals surface area contributed by atoms with Gasteiger partial charge >= 0.3 is 0 Å². The van der Waals surface area contributed by atoms with Crippen LogP contribution in [0.25, 0.3) is 0 Å². The Morgan fingerprint density at radius 3 is 2.25 bits per heavy atom. The van der Waals surface area contributed by atoms with Gasteiger partial charge in [0.25, 0.3) is 10.0 Å². The second-order valence-corrected chi connectivity index (χ2v) is 14.0. The van der Waals surface area contributed by atoms with Crippen molar-refractivity contribution in [1.82, 2.24) is 10.2 Å². The number of nitrogens with one attached hydrogen (secondary N) is 1. The summed E-state index contributed by atoms with van der Waals surface area (Å²) in [6.45, 7) is 2.82. The van der Waals surface area contributed by atoms with Crippen molar-refractivity contribution < 1.29 is 22.7 Å². The van der Waals surface area contributed by atoms with Crippen LogP contribution in [0.1, 0.15) is 50.2 Å². The monoisotopic (exact) mass is 679 g/mol. The van der Waals surface area contributed by atoms with Gasteiger partial charge in [-0.25, -0.2) is 8.42 Å². The Kier molecular flexibility index (Phi) is 11.5. The summed E-state index contributed by atoms with van der Waals surface area (Å²) in [5.74, 6) is -0.581. The first-order chi connectivity index (χ1) is 20.9. The number of hydrogen-bond donors (Lipinski definition) is 1. The molecule has 3 aromatic rings. The Labute approximate surface area is 274 Å². The molecule has 1 aliphatic rings.